The van der Waals surface area contributed by atoms with E-state index in [0.717, 1.165) is 18.4 Å². The Bertz CT molecular complexity index is 528. The molecule has 2 aromatic rings. The molecule has 96 valence electrons. The molecule has 1 unspecified atom stereocenters. The first-order chi connectivity index (χ1) is 8.47. The lowest BCUT2D eigenvalue weighted by Crippen LogP contribution is -2.20. The molecule has 0 spiro atoms. The van der Waals surface area contributed by atoms with Gasteiger partial charge in [-0.3, -0.25) is 4.98 Å². The molecule has 1 atom stereocenters. The number of hydrogen-bond acceptors (Lipinski definition) is 1. The van der Waals surface area contributed by atoms with Gasteiger partial charge in [0.15, 0.2) is 0 Å². The van der Waals surface area contributed by atoms with E-state index in [9.17, 15) is 0 Å². The number of fused-ring (bicyclic) bond motifs is 1. The Kier molecular flexibility index (Phi) is 4.06. The summed E-state index contributed by atoms with van der Waals surface area (Å²) in [5, 5.41) is 1.23. The second kappa shape index (κ2) is 5.40. The summed E-state index contributed by atoms with van der Waals surface area (Å²) in [5.74, 6) is 0. The van der Waals surface area contributed by atoms with E-state index in [0.29, 0.717) is 10.2 Å². The minimum Gasteiger partial charge on any atom is -0.256 e. The normalized spacial score (nSPS) is 13.8. The lowest BCUT2D eigenvalue weighted by Gasteiger charge is -2.25. The highest BCUT2D eigenvalue weighted by atomic mass is 79.9. The van der Waals surface area contributed by atoms with E-state index in [1.54, 1.807) is 0 Å². The fourth-order valence-corrected chi connectivity index (χ4v) is 2.24. The summed E-state index contributed by atoms with van der Waals surface area (Å²) < 4.78 is 0. The van der Waals surface area contributed by atoms with Crippen LogP contribution in [-0.4, -0.2) is 9.81 Å². The molecule has 0 radical (unpaired) electrons. The minimum absolute atomic E-state index is 0.318. The van der Waals surface area contributed by atoms with Gasteiger partial charge < -0.3 is 0 Å². The fraction of sp³-hybridized carbons (Fsp3) is 0.438. The lowest BCUT2D eigenvalue weighted by atomic mass is 9.88. The Morgan fingerprint density at radius 3 is 2.72 bits per heavy atom. The van der Waals surface area contributed by atoms with Gasteiger partial charge in [-0.25, -0.2) is 0 Å². The molecule has 18 heavy (non-hydrogen) atoms. The topological polar surface area (TPSA) is 12.9 Å². The molecule has 0 fully saturated rings. The van der Waals surface area contributed by atoms with Gasteiger partial charge in [0.05, 0.1) is 5.52 Å². The molecular formula is C16H20BrN. The number of aryl methyl sites for hydroxylation is 1. The number of nitrogens with zero attached hydrogens (tertiary/aromatic N) is 1. The van der Waals surface area contributed by atoms with Gasteiger partial charge in [0.1, 0.15) is 0 Å². The van der Waals surface area contributed by atoms with Crippen molar-refractivity contribution in [3.05, 3.63) is 42.1 Å². The second-order valence-corrected chi connectivity index (χ2v) is 7.01. The maximum Gasteiger partial charge on any atom is 0.0702 e. The van der Waals surface area contributed by atoms with Gasteiger partial charge in [-0.15, -0.1) is 0 Å². The molecule has 0 aliphatic heterocycles. The zero-order valence-corrected chi connectivity index (χ0v) is 12.9. The Labute approximate surface area is 118 Å². The maximum atomic E-state index is 4.35. The average molecular weight is 306 g/mol. The number of hydrogen-bond donors (Lipinski definition) is 0. The number of benzene rings is 1. The second-order valence-electron chi connectivity index (χ2n) is 5.90. The summed E-state index contributed by atoms with van der Waals surface area (Å²) in [4.78, 5) is 4.90. The van der Waals surface area contributed by atoms with E-state index in [-0.39, 0.29) is 0 Å². The van der Waals surface area contributed by atoms with E-state index in [1.807, 2.05) is 12.3 Å². The largest absolute Gasteiger partial charge is 0.256 e. The predicted molar refractivity (Wildman–Crippen MR) is 82.2 cm³/mol. The molecule has 0 saturated carbocycles. The molecule has 0 aliphatic rings. The van der Waals surface area contributed by atoms with Gasteiger partial charge in [0.25, 0.3) is 0 Å². The summed E-state index contributed by atoms with van der Waals surface area (Å²) in [6, 6.07) is 10.7. The van der Waals surface area contributed by atoms with Crippen molar-refractivity contribution < 1.29 is 0 Å². The highest BCUT2D eigenvalue weighted by molar-refractivity contribution is 9.09. The first-order valence-corrected chi connectivity index (χ1v) is 7.36. The molecule has 2 rings (SSSR count). The minimum atomic E-state index is 0.318. The van der Waals surface area contributed by atoms with Crippen LogP contribution in [0.25, 0.3) is 10.9 Å². The molecule has 1 aromatic heterocycles. The van der Waals surface area contributed by atoms with Crippen molar-refractivity contribution >= 4 is 26.8 Å². The molecule has 0 bridgehead atoms. The van der Waals surface area contributed by atoms with Crippen LogP contribution in [0, 0.1) is 5.41 Å². The number of rotatable bonds is 3. The smallest absolute Gasteiger partial charge is 0.0702 e. The predicted octanol–water partition coefficient (Wildman–Crippen LogP) is 4.98. The van der Waals surface area contributed by atoms with Crippen LogP contribution in [0.15, 0.2) is 36.5 Å². The van der Waals surface area contributed by atoms with Crippen LogP contribution < -0.4 is 0 Å². The molecule has 0 saturated heterocycles. The summed E-state index contributed by atoms with van der Waals surface area (Å²) in [6.45, 7) is 6.82. The Morgan fingerprint density at radius 2 is 2.00 bits per heavy atom. The molecule has 0 amide bonds. The molecule has 1 heterocycles. The van der Waals surface area contributed by atoms with Crippen molar-refractivity contribution in [3.8, 4) is 0 Å². The Morgan fingerprint density at radius 1 is 1.22 bits per heavy atom. The highest BCUT2D eigenvalue weighted by Gasteiger charge is 2.21. The lowest BCUT2D eigenvalue weighted by molar-refractivity contribution is 0.386. The van der Waals surface area contributed by atoms with Crippen LogP contribution in [0.5, 0.6) is 0 Å². The van der Waals surface area contributed by atoms with Crippen molar-refractivity contribution in [1.29, 1.82) is 0 Å². The van der Waals surface area contributed by atoms with E-state index in [4.69, 9.17) is 0 Å². The number of pyridine rings is 1. The first-order valence-electron chi connectivity index (χ1n) is 6.44. The third-order valence-electron chi connectivity index (χ3n) is 3.29. The van der Waals surface area contributed by atoms with Gasteiger partial charge in [0, 0.05) is 16.4 Å². The van der Waals surface area contributed by atoms with Gasteiger partial charge in [-0.1, -0.05) is 48.8 Å². The third kappa shape index (κ3) is 3.32. The average Bonchev–Trinajstić information content (AvgIpc) is 2.34. The molecule has 0 N–H and O–H groups in total. The number of halogens is 1. The summed E-state index contributed by atoms with van der Waals surface area (Å²) >= 11 is 3.79. The Balaban J connectivity index is 2.08. The number of alkyl halides is 1. The van der Waals surface area contributed by atoms with E-state index in [1.165, 1.54) is 10.9 Å². The molecule has 1 aromatic carbocycles. The van der Waals surface area contributed by atoms with Crippen LogP contribution in [0.2, 0.25) is 0 Å². The van der Waals surface area contributed by atoms with Crippen LogP contribution in [0.4, 0.5) is 0 Å². The molecule has 0 aliphatic carbocycles. The van der Waals surface area contributed by atoms with Crippen molar-refractivity contribution in [2.75, 3.05) is 0 Å². The van der Waals surface area contributed by atoms with E-state index < -0.39 is 0 Å². The zero-order chi connectivity index (χ0) is 13.2. The van der Waals surface area contributed by atoms with Crippen LogP contribution in [0.3, 0.4) is 0 Å². The summed E-state index contributed by atoms with van der Waals surface area (Å²) in [6.07, 6.45) is 4.11. The molecular weight excluding hydrogens is 286 g/mol. The van der Waals surface area contributed by atoms with Gasteiger partial charge in [0.2, 0.25) is 0 Å². The Hall–Kier alpha value is -0.890. The van der Waals surface area contributed by atoms with Crippen molar-refractivity contribution in [2.45, 2.75) is 38.4 Å². The highest BCUT2D eigenvalue weighted by Crippen LogP contribution is 2.29. The van der Waals surface area contributed by atoms with Crippen molar-refractivity contribution in [2.24, 2.45) is 5.41 Å². The van der Waals surface area contributed by atoms with E-state index in [2.05, 4.69) is 66.0 Å². The van der Waals surface area contributed by atoms with Gasteiger partial charge in [-0.2, -0.15) is 0 Å². The standard InChI is InChI=1S/C16H20BrN/c1-16(2,3)15(17)9-7-12-6-8-14-13(11-12)5-4-10-18-14/h4-6,8,10-11,15H,7,9H2,1-3H3. The number of aromatic nitrogens is 1. The monoisotopic (exact) mass is 305 g/mol. The van der Waals surface area contributed by atoms with Crippen LogP contribution >= 0.6 is 15.9 Å². The quantitative estimate of drug-likeness (QED) is 0.729. The molecule has 2 heteroatoms. The van der Waals surface area contributed by atoms with Gasteiger partial charge in [-0.05, 0) is 42.0 Å². The molecule has 1 nitrogen and oxygen atoms in total. The SMILES string of the molecule is CC(C)(C)C(Br)CCc1ccc2ncccc2c1. The van der Waals surface area contributed by atoms with Crippen molar-refractivity contribution in [3.63, 3.8) is 0 Å². The third-order valence-corrected chi connectivity index (χ3v) is 5.12. The van der Waals surface area contributed by atoms with E-state index >= 15 is 0 Å². The van der Waals surface area contributed by atoms with Gasteiger partial charge >= 0.3 is 0 Å². The zero-order valence-electron chi connectivity index (χ0n) is 11.3. The first kappa shape index (κ1) is 13.5. The maximum absolute atomic E-state index is 4.35. The van der Waals surface area contributed by atoms with Crippen LogP contribution in [-0.2, 0) is 6.42 Å². The summed E-state index contributed by atoms with van der Waals surface area (Å²) in [7, 11) is 0. The summed E-state index contributed by atoms with van der Waals surface area (Å²) in [5.41, 5.74) is 2.79. The van der Waals surface area contributed by atoms with Crippen molar-refractivity contribution in [1.82, 2.24) is 4.98 Å². The fourth-order valence-electron chi connectivity index (χ4n) is 2.01. The van der Waals surface area contributed by atoms with Crippen LogP contribution in [0.1, 0.15) is 32.8 Å².